The van der Waals surface area contributed by atoms with Crippen molar-refractivity contribution in [1.82, 2.24) is 35.3 Å². The second kappa shape index (κ2) is 7.58. The van der Waals surface area contributed by atoms with Crippen molar-refractivity contribution in [3.05, 3.63) is 41.5 Å². The number of carbonyl (C=O) groups excluding carboxylic acids is 1. The maximum Gasteiger partial charge on any atom is 0.416 e. The van der Waals surface area contributed by atoms with Crippen molar-refractivity contribution in [2.75, 3.05) is 26.2 Å². The Hall–Kier alpha value is -2.76. The second-order valence-corrected chi connectivity index (χ2v) is 7.25. The van der Waals surface area contributed by atoms with Crippen LogP contribution in [0.25, 0.3) is 0 Å². The third-order valence-electron chi connectivity index (χ3n) is 5.29. The molecule has 1 N–H and O–H groups in total. The number of nitrogens with zero attached hydrogens (tertiary/aromatic N) is 6. The van der Waals surface area contributed by atoms with Crippen molar-refractivity contribution in [2.45, 2.75) is 31.2 Å². The van der Waals surface area contributed by atoms with Gasteiger partial charge in [0.2, 0.25) is 0 Å². The van der Waals surface area contributed by atoms with Crippen LogP contribution in [0.3, 0.4) is 0 Å². The zero-order valence-electron chi connectivity index (χ0n) is 15.3. The average molecular weight is 413 g/mol. The minimum absolute atomic E-state index is 0.0291. The predicted molar refractivity (Wildman–Crippen MR) is 92.0 cm³/mol. The number of hydrogen-bond donors (Lipinski definition) is 1. The highest BCUT2D eigenvalue weighted by Gasteiger charge is 2.37. The van der Waals surface area contributed by atoms with Crippen LogP contribution in [0.15, 0.2) is 24.5 Å². The first-order chi connectivity index (χ1) is 13.8. The summed E-state index contributed by atoms with van der Waals surface area (Å²) >= 11 is 0. The topological polar surface area (TPSA) is 79.2 Å². The highest BCUT2D eigenvalue weighted by Crippen LogP contribution is 2.30. The number of alkyl halides is 3. The molecule has 0 aliphatic carbocycles. The summed E-state index contributed by atoms with van der Waals surface area (Å²) in [4.78, 5) is 16.0. The minimum Gasteiger partial charge on any atom is -0.322 e. The van der Waals surface area contributed by atoms with Gasteiger partial charge in [-0.2, -0.15) is 13.2 Å². The lowest BCUT2D eigenvalue weighted by Gasteiger charge is -2.41. The van der Waals surface area contributed by atoms with Crippen LogP contribution in [0.2, 0.25) is 0 Å². The molecule has 1 aromatic carbocycles. The molecule has 2 amide bonds. The fraction of sp³-hybridized carbons (Fsp3) is 0.529. The zero-order valence-corrected chi connectivity index (χ0v) is 15.3. The Labute approximate surface area is 163 Å². The van der Waals surface area contributed by atoms with E-state index in [4.69, 9.17) is 0 Å². The molecule has 2 aliphatic rings. The number of likely N-dealkylation sites (tertiary alicyclic amines) is 2. The summed E-state index contributed by atoms with van der Waals surface area (Å²) in [6.45, 7) is 2.19. The van der Waals surface area contributed by atoms with Gasteiger partial charge in [-0.05, 0) is 29.0 Å². The first-order valence-electron chi connectivity index (χ1n) is 9.16. The molecule has 8 nitrogen and oxygen atoms in total. The van der Waals surface area contributed by atoms with E-state index in [1.54, 1.807) is 14.5 Å². The van der Waals surface area contributed by atoms with Gasteiger partial charge in [-0.25, -0.2) is 13.9 Å². The number of tetrazole rings is 1. The van der Waals surface area contributed by atoms with Crippen LogP contribution >= 0.6 is 0 Å². The van der Waals surface area contributed by atoms with E-state index in [9.17, 15) is 22.4 Å². The van der Waals surface area contributed by atoms with Gasteiger partial charge in [-0.3, -0.25) is 0 Å². The molecular formula is C17H19F4N7O. The van der Waals surface area contributed by atoms with Gasteiger partial charge in [0.25, 0.3) is 0 Å². The number of amides is 2. The van der Waals surface area contributed by atoms with Gasteiger partial charge in [0.1, 0.15) is 12.1 Å². The smallest absolute Gasteiger partial charge is 0.322 e. The monoisotopic (exact) mass is 413 g/mol. The van der Waals surface area contributed by atoms with E-state index in [1.807, 2.05) is 0 Å². The maximum absolute atomic E-state index is 13.9. The number of halogens is 4. The van der Waals surface area contributed by atoms with Gasteiger partial charge < -0.3 is 15.1 Å². The third kappa shape index (κ3) is 4.16. The molecule has 0 saturated carbocycles. The Kier molecular flexibility index (Phi) is 5.11. The summed E-state index contributed by atoms with van der Waals surface area (Å²) in [5.41, 5.74) is -0.851. The van der Waals surface area contributed by atoms with E-state index in [-0.39, 0.29) is 30.2 Å². The first-order valence-corrected chi connectivity index (χ1v) is 9.16. The van der Waals surface area contributed by atoms with Crippen molar-refractivity contribution >= 4 is 6.03 Å². The van der Waals surface area contributed by atoms with E-state index in [0.717, 1.165) is 18.6 Å². The largest absolute Gasteiger partial charge is 0.416 e. The number of rotatable bonds is 4. The van der Waals surface area contributed by atoms with Gasteiger partial charge >= 0.3 is 12.2 Å². The van der Waals surface area contributed by atoms with Crippen molar-refractivity contribution in [2.24, 2.45) is 0 Å². The average Bonchev–Trinajstić information content (AvgIpc) is 3.31. The lowest BCUT2D eigenvalue weighted by atomic mass is 10.1. The van der Waals surface area contributed by atoms with Crippen molar-refractivity contribution in [3.63, 3.8) is 0 Å². The molecule has 156 valence electrons. The standard InChI is InChI=1S/C17H19F4N7O/c18-15-5-12(17(19,20)21)2-1-11(15)6-22-13-7-27(8-13)16(29)26-4-3-14(9-26)28-10-23-24-25-28/h1-2,5,10,13-14,22H,3-4,6-9H2/t14-/m1/s1. The molecule has 12 heteroatoms. The fourth-order valence-electron chi connectivity index (χ4n) is 3.55. The van der Waals surface area contributed by atoms with E-state index >= 15 is 0 Å². The number of nitrogens with one attached hydrogen (secondary N) is 1. The Bertz CT molecular complexity index is 867. The molecule has 1 aromatic heterocycles. The Morgan fingerprint density at radius 3 is 2.66 bits per heavy atom. The maximum atomic E-state index is 13.9. The molecule has 0 bridgehead atoms. The second-order valence-electron chi connectivity index (χ2n) is 7.25. The highest BCUT2D eigenvalue weighted by atomic mass is 19.4. The van der Waals surface area contributed by atoms with Crippen LogP contribution in [-0.2, 0) is 12.7 Å². The summed E-state index contributed by atoms with van der Waals surface area (Å²) in [5.74, 6) is -0.898. The molecule has 2 fully saturated rings. The highest BCUT2D eigenvalue weighted by molar-refractivity contribution is 5.75. The molecule has 3 heterocycles. The predicted octanol–water partition coefficient (Wildman–Crippen LogP) is 1.67. The summed E-state index contributed by atoms with van der Waals surface area (Å²) < 4.78 is 53.3. The zero-order chi connectivity index (χ0) is 20.6. The van der Waals surface area contributed by atoms with Crippen LogP contribution in [0.1, 0.15) is 23.6 Å². The van der Waals surface area contributed by atoms with Gasteiger partial charge in [0.05, 0.1) is 11.6 Å². The molecule has 2 aliphatic heterocycles. The molecule has 2 aromatic rings. The minimum atomic E-state index is -4.57. The van der Waals surface area contributed by atoms with Crippen LogP contribution < -0.4 is 5.32 Å². The van der Waals surface area contributed by atoms with Gasteiger partial charge in [-0.1, -0.05) is 6.07 Å². The van der Waals surface area contributed by atoms with Gasteiger partial charge in [0, 0.05) is 44.3 Å². The number of benzene rings is 1. The lowest BCUT2D eigenvalue weighted by Crippen LogP contribution is -2.62. The molecule has 0 unspecified atom stereocenters. The molecule has 2 saturated heterocycles. The molecular weight excluding hydrogens is 394 g/mol. The number of hydrogen-bond acceptors (Lipinski definition) is 5. The molecule has 29 heavy (non-hydrogen) atoms. The molecule has 4 rings (SSSR count). The Morgan fingerprint density at radius 2 is 2.00 bits per heavy atom. The van der Waals surface area contributed by atoms with Crippen molar-refractivity contribution in [1.29, 1.82) is 0 Å². The van der Waals surface area contributed by atoms with E-state index in [2.05, 4.69) is 20.8 Å². The summed E-state index contributed by atoms with van der Waals surface area (Å²) in [5, 5.41) is 14.2. The molecule has 1 atom stereocenters. The number of urea groups is 1. The summed E-state index contributed by atoms with van der Waals surface area (Å²) in [6.07, 6.45) is -2.26. The van der Waals surface area contributed by atoms with E-state index in [1.165, 1.54) is 6.33 Å². The Balaban J connectivity index is 1.23. The van der Waals surface area contributed by atoms with Crippen LogP contribution in [-0.4, -0.2) is 68.3 Å². The van der Waals surface area contributed by atoms with Crippen LogP contribution in [0, 0.1) is 5.82 Å². The van der Waals surface area contributed by atoms with E-state index in [0.29, 0.717) is 32.2 Å². The van der Waals surface area contributed by atoms with Crippen molar-refractivity contribution in [3.8, 4) is 0 Å². The normalized spacial score (nSPS) is 20.2. The van der Waals surface area contributed by atoms with Gasteiger partial charge in [0.15, 0.2) is 0 Å². The quantitative estimate of drug-likeness (QED) is 0.772. The fourth-order valence-corrected chi connectivity index (χ4v) is 3.55. The SMILES string of the molecule is O=C(N1CC(NCc2ccc(C(F)(F)F)cc2F)C1)N1CC[C@@H](n2cnnn2)C1. The van der Waals surface area contributed by atoms with Gasteiger partial charge in [-0.15, -0.1) is 5.10 Å². The van der Waals surface area contributed by atoms with E-state index < -0.39 is 17.6 Å². The molecule has 0 spiro atoms. The van der Waals surface area contributed by atoms with Crippen LogP contribution in [0.4, 0.5) is 22.4 Å². The van der Waals surface area contributed by atoms with Crippen LogP contribution in [0.5, 0.6) is 0 Å². The lowest BCUT2D eigenvalue weighted by molar-refractivity contribution is -0.137. The number of aromatic nitrogens is 4. The summed E-state index contributed by atoms with van der Waals surface area (Å²) in [7, 11) is 0. The summed E-state index contributed by atoms with van der Waals surface area (Å²) in [6, 6.07) is 2.47. The first kappa shape index (κ1) is 19.6. The van der Waals surface area contributed by atoms with Crippen molar-refractivity contribution < 1.29 is 22.4 Å². The Morgan fingerprint density at radius 1 is 1.21 bits per heavy atom. The number of carbonyl (C=O) groups is 1. The molecule has 0 radical (unpaired) electrons. The third-order valence-corrected chi connectivity index (χ3v) is 5.29.